The van der Waals surface area contributed by atoms with Crippen LogP contribution in [0.5, 0.6) is 0 Å². The van der Waals surface area contributed by atoms with Crippen LogP contribution >= 0.6 is 0 Å². The zero-order valence-corrected chi connectivity index (χ0v) is 16.1. The molecule has 1 saturated carbocycles. The fourth-order valence-corrected chi connectivity index (χ4v) is 3.48. The number of aromatic nitrogens is 4. The minimum atomic E-state index is -0.522. The van der Waals surface area contributed by atoms with Crippen LogP contribution in [0.3, 0.4) is 0 Å². The van der Waals surface area contributed by atoms with Crippen molar-refractivity contribution in [1.82, 2.24) is 24.9 Å². The van der Waals surface area contributed by atoms with E-state index < -0.39 is 11.9 Å². The van der Waals surface area contributed by atoms with Crippen molar-refractivity contribution < 1.29 is 9.18 Å². The van der Waals surface area contributed by atoms with Gasteiger partial charge in [-0.05, 0) is 45.2 Å². The molecule has 3 aromatic rings. The van der Waals surface area contributed by atoms with E-state index in [2.05, 4.69) is 15.5 Å². The van der Waals surface area contributed by atoms with Crippen molar-refractivity contribution in [2.45, 2.75) is 52.2 Å². The normalized spacial score (nSPS) is 15.0. The van der Waals surface area contributed by atoms with Gasteiger partial charge in [-0.25, -0.2) is 9.07 Å². The number of aryl methyl sites for hydroxylation is 2. The lowest BCUT2D eigenvalue weighted by molar-refractivity contribution is -0.122. The number of hydrogen-bond donors (Lipinski definition) is 1. The second kappa shape index (κ2) is 6.85. The molecule has 1 aliphatic carbocycles. The Balaban J connectivity index is 1.55. The van der Waals surface area contributed by atoms with Gasteiger partial charge in [0.2, 0.25) is 5.91 Å². The predicted molar refractivity (Wildman–Crippen MR) is 102 cm³/mol. The van der Waals surface area contributed by atoms with Crippen LogP contribution < -0.4 is 10.9 Å². The molecule has 0 bridgehead atoms. The van der Waals surface area contributed by atoms with E-state index >= 15 is 0 Å². The maximum atomic E-state index is 14.1. The number of halogens is 1. The van der Waals surface area contributed by atoms with Crippen LogP contribution in [0.25, 0.3) is 10.9 Å². The Morgan fingerprint density at radius 2 is 2.11 bits per heavy atom. The summed E-state index contributed by atoms with van der Waals surface area (Å²) in [5.41, 5.74) is 2.25. The molecular weight excluding hydrogens is 361 g/mol. The number of rotatable bonds is 5. The van der Waals surface area contributed by atoms with Crippen molar-refractivity contribution in [3.63, 3.8) is 0 Å². The van der Waals surface area contributed by atoms with E-state index in [9.17, 15) is 14.0 Å². The Labute approximate surface area is 161 Å². The number of hydrogen-bond acceptors (Lipinski definition) is 4. The van der Waals surface area contributed by atoms with Crippen LogP contribution in [0, 0.1) is 19.7 Å². The van der Waals surface area contributed by atoms with Gasteiger partial charge in [0.1, 0.15) is 12.4 Å². The minimum Gasteiger partial charge on any atom is -0.348 e. The van der Waals surface area contributed by atoms with Crippen molar-refractivity contribution in [1.29, 1.82) is 0 Å². The molecule has 28 heavy (non-hydrogen) atoms. The van der Waals surface area contributed by atoms with Gasteiger partial charge >= 0.3 is 0 Å². The van der Waals surface area contributed by atoms with Gasteiger partial charge in [0.25, 0.3) is 5.56 Å². The van der Waals surface area contributed by atoms with Crippen molar-refractivity contribution in [3.05, 3.63) is 57.4 Å². The third-order valence-corrected chi connectivity index (χ3v) is 5.06. The summed E-state index contributed by atoms with van der Waals surface area (Å²) >= 11 is 0. The third-order valence-electron chi connectivity index (χ3n) is 5.06. The monoisotopic (exact) mass is 383 g/mol. The molecule has 1 amide bonds. The largest absolute Gasteiger partial charge is 0.348 e. The molecular formula is C20H22FN5O2. The molecule has 1 aliphatic rings. The van der Waals surface area contributed by atoms with E-state index in [1.807, 2.05) is 4.68 Å². The van der Waals surface area contributed by atoms with Crippen LogP contribution in [0.15, 0.2) is 29.2 Å². The number of amides is 1. The average Bonchev–Trinajstić information content (AvgIpc) is 3.37. The fourth-order valence-electron chi connectivity index (χ4n) is 3.48. The summed E-state index contributed by atoms with van der Waals surface area (Å²) in [7, 11) is 0. The summed E-state index contributed by atoms with van der Waals surface area (Å²) in [6.07, 6.45) is 3.65. The number of benzene rings is 1. The van der Waals surface area contributed by atoms with Crippen molar-refractivity contribution in [3.8, 4) is 0 Å². The van der Waals surface area contributed by atoms with E-state index in [1.54, 1.807) is 39.1 Å². The van der Waals surface area contributed by atoms with Gasteiger partial charge in [-0.2, -0.15) is 10.2 Å². The summed E-state index contributed by atoms with van der Waals surface area (Å²) in [6, 6.07) is 4.69. The molecule has 4 rings (SSSR count). The van der Waals surface area contributed by atoms with E-state index in [4.69, 9.17) is 0 Å². The second-order valence-corrected chi connectivity index (χ2v) is 7.44. The lowest BCUT2D eigenvalue weighted by Crippen LogP contribution is -2.35. The molecule has 1 fully saturated rings. The summed E-state index contributed by atoms with van der Waals surface area (Å²) in [5.74, 6) is -0.775. The smallest absolute Gasteiger partial charge is 0.278 e. The highest BCUT2D eigenvalue weighted by Crippen LogP contribution is 2.36. The zero-order valence-electron chi connectivity index (χ0n) is 16.1. The number of nitrogens with one attached hydrogen (secondary N) is 1. The Bertz CT molecular complexity index is 1130. The standard InChI is InChI=1S/C20H22FN5O2/c1-11-4-7-15(17(21)8-11)12(2)23-18(27)10-25-20(28)16-9-22-26(14-5-6-14)19(16)13(3)24-25/h4,7-9,12,14H,5-6,10H2,1-3H3,(H,23,27). The van der Waals surface area contributed by atoms with Crippen molar-refractivity contribution in [2.24, 2.45) is 0 Å². The zero-order chi connectivity index (χ0) is 20.0. The first kappa shape index (κ1) is 18.3. The molecule has 146 valence electrons. The maximum Gasteiger partial charge on any atom is 0.278 e. The highest BCUT2D eigenvalue weighted by atomic mass is 19.1. The number of carbonyl (C=O) groups is 1. The summed E-state index contributed by atoms with van der Waals surface area (Å²) < 4.78 is 17.1. The Kier molecular flexibility index (Phi) is 4.49. The van der Waals surface area contributed by atoms with Gasteiger partial charge in [0, 0.05) is 5.56 Å². The molecule has 2 heterocycles. The highest BCUT2D eigenvalue weighted by Gasteiger charge is 2.28. The molecule has 1 unspecified atom stereocenters. The van der Waals surface area contributed by atoms with Gasteiger partial charge in [-0.15, -0.1) is 0 Å². The van der Waals surface area contributed by atoms with E-state index in [0.717, 1.165) is 28.6 Å². The number of fused-ring (bicyclic) bond motifs is 1. The molecule has 0 radical (unpaired) electrons. The molecule has 0 spiro atoms. The predicted octanol–water partition coefficient (Wildman–Crippen LogP) is 2.56. The van der Waals surface area contributed by atoms with Crippen LogP contribution in [0.2, 0.25) is 0 Å². The average molecular weight is 383 g/mol. The molecule has 0 aliphatic heterocycles. The summed E-state index contributed by atoms with van der Waals surface area (Å²) in [4.78, 5) is 25.2. The molecule has 8 heteroatoms. The van der Waals surface area contributed by atoms with Crippen LogP contribution in [-0.4, -0.2) is 25.5 Å². The molecule has 1 aromatic carbocycles. The third kappa shape index (κ3) is 3.30. The Hall–Kier alpha value is -3.03. The first-order valence-electron chi connectivity index (χ1n) is 9.35. The Morgan fingerprint density at radius 3 is 2.79 bits per heavy atom. The quantitative estimate of drug-likeness (QED) is 0.734. The van der Waals surface area contributed by atoms with Gasteiger partial charge in [-0.3, -0.25) is 14.3 Å². The summed E-state index contributed by atoms with van der Waals surface area (Å²) in [5, 5.41) is 11.8. The second-order valence-electron chi connectivity index (χ2n) is 7.44. The highest BCUT2D eigenvalue weighted by molar-refractivity contribution is 5.80. The Morgan fingerprint density at radius 1 is 1.36 bits per heavy atom. The minimum absolute atomic E-state index is 0.234. The maximum absolute atomic E-state index is 14.1. The molecule has 0 saturated heterocycles. The lowest BCUT2D eigenvalue weighted by atomic mass is 10.1. The van der Waals surface area contributed by atoms with E-state index in [-0.39, 0.29) is 17.9 Å². The van der Waals surface area contributed by atoms with E-state index in [1.165, 1.54) is 6.07 Å². The van der Waals surface area contributed by atoms with Crippen molar-refractivity contribution in [2.75, 3.05) is 0 Å². The molecule has 1 N–H and O–H groups in total. The first-order chi connectivity index (χ1) is 13.3. The topological polar surface area (TPSA) is 81.8 Å². The van der Waals surface area contributed by atoms with Crippen LogP contribution in [0.4, 0.5) is 4.39 Å². The molecule has 2 aromatic heterocycles. The molecule has 7 nitrogen and oxygen atoms in total. The number of nitrogens with zero attached hydrogens (tertiary/aromatic N) is 4. The van der Waals surface area contributed by atoms with Crippen LogP contribution in [0.1, 0.15) is 48.7 Å². The summed E-state index contributed by atoms with van der Waals surface area (Å²) in [6.45, 7) is 5.08. The van der Waals surface area contributed by atoms with E-state index in [0.29, 0.717) is 22.7 Å². The van der Waals surface area contributed by atoms with Gasteiger partial charge in [-0.1, -0.05) is 12.1 Å². The first-order valence-corrected chi connectivity index (χ1v) is 9.35. The lowest BCUT2D eigenvalue weighted by Gasteiger charge is -2.16. The van der Waals surface area contributed by atoms with Gasteiger partial charge in [0.05, 0.1) is 34.9 Å². The van der Waals surface area contributed by atoms with Crippen LogP contribution in [-0.2, 0) is 11.3 Å². The fraction of sp³-hybridized carbons (Fsp3) is 0.400. The van der Waals surface area contributed by atoms with Gasteiger partial charge < -0.3 is 5.32 Å². The SMILES string of the molecule is Cc1ccc(C(C)NC(=O)Cn2nc(C)c3c(cnn3C3CC3)c2=O)c(F)c1. The number of carbonyl (C=O) groups excluding carboxylic acids is 1. The molecule has 1 atom stereocenters. The van der Waals surface area contributed by atoms with Crippen molar-refractivity contribution >= 4 is 16.8 Å². The van der Waals surface area contributed by atoms with Gasteiger partial charge in [0.15, 0.2) is 0 Å².